The highest BCUT2D eigenvalue weighted by molar-refractivity contribution is 7.92. The summed E-state index contributed by atoms with van der Waals surface area (Å²) < 4.78 is 24.7. The molecule has 0 aliphatic heterocycles. The molecule has 1 saturated carbocycles. The maximum absolute atomic E-state index is 11.9. The highest BCUT2D eigenvalue weighted by Crippen LogP contribution is 2.34. The second-order valence-corrected chi connectivity index (χ2v) is 8.21. The van der Waals surface area contributed by atoms with Gasteiger partial charge in [-0.25, -0.2) is 13.4 Å². The van der Waals surface area contributed by atoms with Crippen LogP contribution in [0.1, 0.15) is 12.8 Å². The number of rotatable bonds is 5. The van der Waals surface area contributed by atoms with Gasteiger partial charge in [-0.05, 0) is 25.0 Å². The summed E-state index contributed by atoms with van der Waals surface area (Å²) in [5, 5.41) is 5.05. The number of nitrogens with two attached hydrogens (primary N) is 1. The lowest BCUT2D eigenvalue weighted by Crippen LogP contribution is -2.37. The Kier molecular flexibility index (Phi) is 3.86. The minimum atomic E-state index is -3.30. The fourth-order valence-corrected chi connectivity index (χ4v) is 3.25. The van der Waals surface area contributed by atoms with Crippen molar-refractivity contribution in [3.63, 3.8) is 0 Å². The van der Waals surface area contributed by atoms with E-state index in [0.717, 1.165) is 11.8 Å². The number of carbonyl (C=O) groups is 1. The molecule has 122 valence electrons. The average Bonchev–Trinajstić information content (AvgIpc) is 3.05. The van der Waals surface area contributed by atoms with E-state index in [0.29, 0.717) is 29.4 Å². The van der Waals surface area contributed by atoms with Gasteiger partial charge in [0, 0.05) is 16.6 Å². The molecule has 2 aromatic rings. The largest absolute Gasteiger partial charge is 0.317 e. The number of anilines is 2. The maximum Gasteiger partial charge on any atom is 0.246 e. The van der Waals surface area contributed by atoms with Gasteiger partial charge in [0.15, 0.2) is 5.13 Å². The molecule has 1 amide bonds. The summed E-state index contributed by atoms with van der Waals surface area (Å²) >= 11 is 1.32. The molecule has 0 bridgehead atoms. The molecule has 1 heterocycles. The molecule has 7 nitrogen and oxygen atoms in total. The smallest absolute Gasteiger partial charge is 0.246 e. The molecule has 0 spiro atoms. The van der Waals surface area contributed by atoms with Crippen LogP contribution in [-0.2, 0) is 14.8 Å². The Bertz CT molecular complexity index is 839. The van der Waals surface area contributed by atoms with Gasteiger partial charge in [0.05, 0.1) is 17.5 Å². The fraction of sp³-hybridized carbons (Fsp3) is 0.286. The van der Waals surface area contributed by atoms with Crippen molar-refractivity contribution in [1.29, 1.82) is 0 Å². The molecular weight excluding hydrogens is 336 g/mol. The normalized spacial score (nSPS) is 15.9. The van der Waals surface area contributed by atoms with Gasteiger partial charge < -0.3 is 11.1 Å². The van der Waals surface area contributed by atoms with Crippen LogP contribution in [0.5, 0.6) is 0 Å². The maximum atomic E-state index is 11.9. The van der Waals surface area contributed by atoms with Crippen molar-refractivity contribution >= 4 is 38.1 Å². The van der Waals surface area contributed by atoms with Crippen molar-refractivity contribution < 1.29 is 13.2 Å². The standard InChI is InChI=1S/C14H16N4O3S2/c1-23(20,21)18-10-4-2-9(3-5-10)11-8-22-13(16-11)17-12(19)14(15)6-7-14/h2-5,8,18H,6-7,15H2,1H3,(H,16,17,19). The Balaban J connectivity index is 1.71. The summed E-state index contributed by atoms with van der Waals surface area (Å²) in [7, 11) is -3.30. The Hall–Kier alpha value is -1.97. The van der Waals surface area contributed by atoms with E-state index in [1.165, 1.54) is 11.3 Å². The third-order valence-electron chi connectivity index (χ3n) is 3.45. The van der Waals surface area contributed by atoms with Crippen LogP contribution in [0.4, 0.5) is 10.8 Å². The van der Waals surface area contributed by atoms with Crippen LogP contribution >= 0.6 is 11.3 Å². The van der Waals surface area contributed by atoms with Crippen LogP contribution in [0.2, 0.25) is 0 Å². The summed E-state index contributed by atoms with van der Waals surface area (Å²) in [4.78, 5) is 16.2. The van der Waals surface area contributed by atoms with E-state index >= 15 is 0 Å². The van der Waals surface area contributed by atoms with E-state index in [9.17, 15) is 13.2 Å². The molecular formula is C14H16N4O3S2. The first-order valence-electron chi connectivity index (χ1n) is 6.89. The summed E-state index contributed by atoms with van der Waals surface area (Å²) in [6.45, 7) is 0. The zero-order valence-corrected chi connectivity index (χ0v) is 14.0. The Labute approximate surface area is 138 Å². The first kappa shape index (κ1) is 15.9. The van der Waals surface area contributed by atoms with Gasteiger partial charge in [0.25, 0.3) is 0 Å². The molecule has 0 unspecified atom stereocenters. The Morgan fingerprint density at radius 2 is 1.96 bits per heavy atom. The number of amides is 1. The number of carbonyl (C=O) groups excluding carboxylic acids is 1. The molecule has 1 fully saturated rings. The van der Waals surface area contributed by atoms with E-state index in [-0.39, 0.29) is 5.91 Å². The molecule has 1 aromatic heterocycles. The number of hydrogen-bond donors (Lipinski definition) is 3. The molecule has 23 heavy (non-hydrogen) atoms. The second kappa shape index (κ2) is 5.59. The van der Waals surface area contributed by atoms with Gasteiger partial charge in [0.1, 0.15) is 0 Å². The van der Waals surface area contributed by atoms with Gasteiger partial charge >= 0.3 is 0 Å². The number of nitrogens with one attached hydrogen (secondary N) is 2. The van der Waals surface area contributed by atoms with Gasteiger partial charge in [-0.2, -0.15) is 0 Å². The van der Waals surface area contributed by atoms with Crippen molar-refractivity contribution in [3.05, 3.63) is 29.6 Å². The Morgan fingerprint density at radius 3 is 2.52 bits per heavy atom. The van der Waals surface area contributed by atoms with Crippen molar-refractivity contribution in [2.24, 2.45) is 5.73 Å². The van der Waals surface area contributed by atoms with Crippen molar-refractivity contribution in [1.82, 2.24) is 4.98 Å². The molecule has 0 saturated heterocycles. The average molecular weight is 352 g/mol. The quantitative estimate of drug-likeness (QED) is 0.756. The van der Waals surface area contributed by atoms with Crippen molar-refractivity contribution in [2.75, 3.05) is 16.3 Å². The van der Waals surface area contributed by atoms with Crippen LogP contribution in [0.3, 0.4) is 0 Å². The number of thiazole rings is 1. The first-order chi connectivity index (χ1) is 10.8. The molecule has 0 atom stereocenters. The van der Waals surface area contributed by atoms with E-state index in [1.807, 2.05) is 5.38 Å². The van der Waals surface area contributed by atoms with Crippen LogP contribution < -0.4 is 15.8 Å². The molecule has 9 heteroatoms. The predicted octanol–water partition coefficient (Wildman–Crippen LogP) is 1.61. The number of sulfonamides is 1. The fourth-order valence-electron chi connectivity index (χ4n) is 1.97. The zero-order valence-electron chi connectivity index (χ0n) is 12.4. The van der Waals surface area contributed by atoms with Gasteiger partial charge in [-0.15, -0.1) is 11.3 Å². The third-order valence-corrected chi connectivity index (χ3v) is 4.81. The van der Waals surface area contributed by atoms with Crippen LogP contribution in [0.25, 0.3) is 11.3 Å². The highest BCUT2D eigenvalue weighted by Gasteiger charge is 2.46. The lowest BCUT2D eigenvalue weighted by molar-refractivity contribution is -0.118. The Morgan fingerprint density at radius 1 is 1.30 bits per heavy atom. The number of aromatic nitrogens is 1. The van der Waals surface area contributed by atoms with E-state index in [2.05, 4.69) is 15.0 Å². The first-order valence-corrected chi connectivity index (χ1v) is 9.66. The predicted molar refractivity (Wildman–Crippen MR) is 90.8 cm³/mol. The molecule has 3 rings (SSSR count). The topological polar surface area (TPSA) is 114 Å². The van der Waals surface area contributed by atoms with Crippen LogP contribution in [0, 0.1) is 0 Å². The lowest BCUT2D eigenvalue weighted by Gasteiger charge is -2.06. The van der Waals surface area contributed by atoms with Gasteiger partial charge in [0.2, 0.25) is 15.9 Å². The van der Waals surface area contributed by atoms with Crippen molar-refractivity contribution in [2.45, 2.75) is 18.4 Å². The van der Waals surface area contributed by atoms with E-state index in [1.54, 1.807) is 24.3 Å². The highest BCUT2D eigenvalue weighted by atomic mass is 32.2. The monoisotopic (exact) mass is 352 g/mol. The molecule has 4 N–H and O–H groups in total. The summed E-state index contributed by atoms with van der Waals surface area (Å²) in [6, 6.07) is 6.85. The summed E-state index contributed by atoms with van der Waals surface area (Å²) in [6.07, 6.45) is 2.50. The van der Waals surface area contributed by atoms with Crippen LogP contribution in [-0.4, -0.2) is 31.1 Å². The molecule has 1 aliphatic rings. The minimum absolute atomic E-state index is 0.203. The molecule has 1 aliphatic carbocycles. The second-order valence-electron chi connectivity index (χ2n) is 5.60. The third kappa shape index (κ3) is 3.87. The summed E-state index contributed by atoms with van der Waals surface area (Å²) in [5.74, 6) is -0.203. The van der Waals surface area contributed by atoms with Gasteiger partial charge in [-0.3, -0.25) is 9.52 Å². The minimum Gasteiger partial charge on any atom is -0.317 e. The zero-order chi connectivity index (χ0) is 16.7. The lowest BCUT2D eigenvalue weighted by atomic mass is 10.1. The van der Waals surface area contributed by atoms with E-state index in [4.69, 9.17) is 5.73 Å². The number of nitrogens with zero attached hydrogens (tertiary/aromatic N) is 1. The summed E-state index contributed by atoms with van der Waals surface area (Å²) in [5.41, 5.74) is 7.12. The van der Waals surface area contributed by atoms with Crippen molar-refractivity contribution in [3.8, 4) is 11.3 Å². The van der Waals surface area contributed by atoms with Crippen LogP contribution in [0.15, 0.2) is 29.6 Å². The number of benzene rings is 1. The van der Waals surface area contributed by atoms with E-state index < -0.39 is 15.6 Å². The molecule has 0 radical (unpaired) electrons. The number of hydrogen-bond acceptors (Lipinski definition) is 6. The molecule has 1 aromatic carbocycles. The SMILES string of the molecule is CS(=O)(=O)Nc1ccc(-c2csc(NC(=O)C3(N)CC3)n2)cc1. The van der Waals surface area contributed by atoms with Gasteiger partial charge in [-0.1, -0.05) is 12.1 Å².